The van der Waals surface area contributed by atoms with E-state index in [4.69, 9.17) is 27.9 Å². The summed E-state index contributed by atoms with van der Waals surface area (Å²) >= 11 is 13.4. The molecule has 3 aliphatic rings. The van der Waals surface area contributed by atoms with Gasteiger partial charge >= 0.3 is 0 Å². The van der Waals surface area contributed by atoms with Crippen molar-refractivity contribution in [1.29, 1.82) is 0 Å². The average Bonchev–Trinajstić information content (AvgIpc) is 2.50. The number of hydrogen-bond donors (Lipinski definition) is 0. The van der Waals surface area contributed by atoms with Gasteiger partial charge in [0.15, 0.2) is 0 Å². The fourth-order valence-electron chi connectivity index (χ4n) is 3.89. The zero-order chi connectivity index (χ0) is 13.9. The van der Waals surface area contributed by atoms with Gasteiger partial charge < -0.3 is 4.74 Å². The van der Waals surface area contributed by atoms with Gasteiger partial charge in [-0.1, -0.05) is 48.5 Å². The summed E-state index contributed by atoms with van der Waals surface area (Å²) in [5.41, 5.74) is 4.15. The minimum atomic E-state index is -0.643. The maximum absolute atomic E-state index is 6.72. The van der Waals surface area contributed by atoms with Crippen molar-refractivity contribution in [3.8, 4) is 0 Å². The molecular formula is C17H14Cl2O. The fourth-order valence-corrected chi connectivity index (χ4v) is 4.81. The Hall–Kier alpha value is -1.02. The van der Waals surface area contributed by atoms with E-state index in [0.717, 1.165) is 11.1 Å². The molecule has 1 nitrogen and oxygen atoms in total. The quantitative estimate of drug-likeness (QED) is 0.716. The number of alkyl halides is 2. The minimum Gasteiger partial charge on any atom is -0.367 e. The fraction of sp³-hybridized carbons (Fsp3) is 0.294. The molecule has 2 atom stereocenters. The van der Waals surface area contributed by atoms with Gasteiger partial charge in [0.25, 0.3) is 0 Å². The van der Waals surface area contributed by atoms with Gasteiger partial charge in [-0.25, -0.2) is 0 Å². The van der Waals surface area contributed by atoms with Crippen LogP contribution < -0.4 is 0 Å². The number of rotatable bonds is 1. The second kappa shape index (κ2) is 4.24. The molecule has 3 aliphatic carbocycles. The Labute approximate surface area is 128 Å². The molecule has 0 amide bonds. The normalized spacial score (nSPS) is 33.6. The third-order valence-electron chi connectivity index (χ3n) is 4.70. The Bertz CT molecular complexity index is 635. The number of hydrogen-bond acceptors (Lipinski definition) is 1. The monoisotopic (exact) mass is 304 g/mol. The molecular weight excluding hydrogens is 291 g/mol. The smallest absolute Gasteiger partial charge is 0.136 e. The summed E-state index contributed by atoms with van der Waals surface area (Å²) in [5, 5.41) is -0.439. The van der Waals surface area contributed by atoms with Crippen molar-refractivity contribution in [2.24, 2.45) is 0 Å². The summed E-state index contributed by atoms with van der Waals surface area (Å²) in [6.07, 6.45) is 0. The highest BCUT2D eigenvalue weighted by Crippen LogP contribution is 2.59. The van der Waals surface area contributed by atoms with Crippen LogP contribution in [0, 0.1) is 0 Å². The Balaban J connectivity index is 2.14. The van der Waals surface area contributed by atoms with Gasteiger partial charge in [0, 0.05) is 13.0 Å². The number of benzene rings is 2. The molecule has 0 saturated carbocycles. The molecule has 2 aromatic carbocycles. The zero-order valence-corrected chi connectivity index (χ0v) is 12.5. The lowest BCUT2D eigenvalue weighted by atomic mass is 9.60. The Morgan fingerprint density at radius 3 is 1.90 bits per heavy atom. The molecule has 0 unspecified atom stereocenters. The van der Waals surface area contributed by atoms with E-state index in [-0.39, 0.29) is 16.7 Å². The molecule has 0 spiro atoms. The topological polar surface area (TPSA) is 9.23 Å². The summed E-state index contributed by atoms with van der Waals surface area (Å²) in [6, 6.07) is 16.7. The maximum Gasteiger partial charge on any atom is 0.136 e. The molecule has 0 heterocycles. The van der Waals surface area contributed by atoms with Gasteiger partial charge in [0.05, 0.1) is 10.8 Å². The van der Waals surface area contributed by atoms with Crippen molar-refractivity contribution >= 4 is 23.2 Å². The number of halogens is 2. The molecule has 0 saturated heterocycles. The van der Waals surface area contributed by atoms with Gasteiger partial charge in [-0.15, -0.1) is 23.2 Å². The van der Waals surface area contributed by atoms with Crippen molar-refractivity contribution in [1.82, 2.24) is 0 Å². The molecule has 5 rings (SSSR count). The number of fused-ring (bicyclic) bond motifs is 1. The van der Waals surface area contributed by atoms with E-state index in [1.165, 1.54) is 11.1 Å². The van der Waals surface area contributed by atoms with Gasteiger partial charge in [0.1, 0.15) is 5.60 Å². The third kappa shape index (κ3) is 1.29. The van der Waals surface area contributed by atoms with Crippen LogP contribution in [0.15, 0.2) is 48.5 Å². The predicted octanol–water partition coefficient (Wildman–Crippen LogP) is 4.25. The second-order valence-corrected chi connectivity index (χ2v) is 6.41. The van der Waals surface area contributed by atoms with Crippen LogP contribution in [0.25, 0.3) is 0 Å². The summed E-state index contributed by atoms with van der Waals surface area (Å²) < 4.78 is 5.99. The molecule has 0 N–H and O–H groups in total. The first kappa shape index (κ1) is 12.7. The van der Waals surface area contributed by atoms with Crippen LogP contribution in [-0.2, 0) is 10.3 Å². The van der Waals surface area contributed by atoms with E-state index in [9.17, 15) is 0 Å². The molecule has 2 bridgehead atoms. The van der Waals surface area contributed by atoms with Crippen LogP contribution in [-0.4, -0.2) is 17.9 Å². The Morgan fingerprint density at radius 2 is 1.40 bits per heavy atom. The standard InChI is InChI=1S/C17H14Cl2O/c1-20-17-12-8-4-2-6-10(12)14(15(18)16(17)19)11-7-3-5-9-13(11)17/h2-9,14-16H,1H3/t14?,15-,16-,17?/m0/s1. The third-order valence-corrected chi connectivity index (χ3v) is 5.91. The molecule has 0 radical (unpaired) electrons. The molecule has 20 heavy (non-hydrogen) atoms. The van der Waals surface area contributed by atoms with Crippen LogP contribution >= 0.6 is 23.2 Å². The van der Waals surface area contributed by atoms with E-state index < -0.39 is 5.60 Å². The van der Waals surface area contributed by atoms with E-state index in [2.05, 4.69) is 36.4 Å². The lowest BCUT2D eigenvalue weighted by molar-refractivity contribution is 0.00209. The first-order chi connectivity index (χ1) is 9.71. The van der Waals surface area contributed by atoms with Crippen molar-refractivity contribution in [3.05, 3.63) is 70.8 Å². The van der Waals surface area contributed by atoms with Crippen molar-refractivity contribution in [2.75, 3.05) is 7.11 Å². The molecule has 0 fully saturated rings. The van der Waals surface area contributed by atoms with Crippen molar-refractivity contribution in [3.63, 3.8) is 0 Å². The van der Waals surface area contributed by atoms with Crippen LogP contribution in [0.1, 0.15) is 28.2 Å². The van der Waals surface area contributed by atoms with E-state index in [1.807, 2.05) is 12.1 Å². The second-order valence-electron chi connectivity index (χ2n) is 5.44. The highest BCUT2D eigenvalue weighted by atomic mass is 35.5. The zero-order valence-electron chi connectivity index (χ0n) is 11.0. The van der Waals surface area contributed by atoms with Crippen molar-refractivity contribution < 1.29 is 4.74 Å². The lowest BCUT2D eigenvalue weighted by Gasteiger charge is -2.53. The maximum atomic E-state index is 6.72. The van der Waals surface area contributed by atoms with Crippen LogP contribution in [0.5, 0.6) is 0 Å². The van der Waals surface area contributed by atoms with Crippen molar-refractivity contribution in [2.45, 2.75) is 22.3 Å². The van der Waals surface area contributed by atoms with Gasteiger partial charge in [-0.2, -0.15) is 0 Å². The molecule has 2 aromatic rings. The molecule has 102 valence electrons. The predicted molar refractivity (Wildman–Crippen MR) is 81.8 cm³/mol. The first-order valence-corrected chi connectivity index (χ1v) is 7.61. The van der Waals surface area contributed by atoms with Gasteiger partial charge in [-0.3, -0.25) is 0 Å². The summed E-state index contributed by atoms with van der Waals surface area (Å²) in [4.78, 5) is 0. The van der Waals surface area contributed by atoms with Gasteiger partial charge in [0.2, 0.25) is 0 Å². The Morgan fingerprint density at radius 1 is 0.900 bits per heavy atom. The lowest BCUT2D eigenvalue weighted by Crippen LogP contribution is -2.55. The first-order valence-electron chi connectivity index (χ1n) is 6.74. The highest BCUT2D eigenvalue weighted by molar-refractivity contribution is 6.32. The van der Waals surface area contributed by atoms with E-state index in [1.54, 1.807) is 7.11 Å². The number of ether oxygens (including phenoxy) is 1. The number of methoxy groups -OCH3 is 1. The van der Waals surface area contributed by atoms with Crippen LogP contribution in [0.3, 0.4) is 0 Å². The molecule has 0 aliphatic heterocycles. The molecule has 3 heteroatoms. The summed E-state index contributed by atoms with van der Waals surface area (Å²) in [6.45, 7) is 0. The van der Waals surface area contributed by atoms with Gasteiger partial charge in [-0.05, 0) is 22.3 Å². The van der Waals surface area contributed by atoms with E-state index in [0.29, 0.717) is 0 Å². The largest absolute Gasteiger partial charge is 0.367 e. The molecule has 0 aromatic heterocycles. The van der Waals surface area contributed by atoms with Crippen LogP contribution in [0.2, 0.25) is 0 Å². The Kier molecular flexibility index (Phi) is 2.69. The van der Waals surface area contributed by atoms with Crippen LogP contribution in [0.4, 0.5) is 0 Å². The summed E-state index contributed by atoms with van der Waals surface area (Å²) in [5.74, 6) is 0.142. The van der Waals surface area contributed by atoms with E-state index >= 15 is 0 Å². The summed E-state index contributed by atoms with van der Waals surface area (Å²) in [7, 11) is 1.72. The minimum absolute atomic E-state index is 0.142. The highest BCUT2D eigenvalue weighted by Gasteiger charge is 2.58. The SMILES string of the molecule is COC12c3ccccc3C(c3ccccc31)[C@H](Cl)[C@@H]2Cl. The average molecular weight is 305 g/mol.